The second-order valence-corrected chi connectivity index (χ2v) is 5.21. The number of fused-ring (bicyclic) bond motifs is 2. The van der Waals surface area contributed by atoms with Gasteiger partial charge in [-0.25, -0.2) is 0 Å². The molecular formula is C19H15NO. The van der Waals surface area contributed by atoms with Crippen LogP contribution >= 0.6 is 0 Å². The molecular weight excluding hydrogens is 258 g/mol. The van der Waals surface area contributed by atoms with Crippen molar-refractivity contribution in [2.45, 2.75) is 6.92 Å². The van der Waals surface area contributed by atoms with Gasteiger partial charge in [-0.05, 0) is 48.9 Å². The van der Waals surface area contributed by atoms with Crippen molar-refractivity contribution in [3.05, 3.63) is 78.4 Å². The molecule has 1 aliphatic rings. The number of hydrogen-bond donors (Lipinski definition) is 0. The highest BCUT2D eigenvalue weighted by atomic mass is 16.5. The van der Waals surface area contributed by atoms with Crippen LogP contribution in [0, 0.1) is 6.92 Å². The highest BCUT2D eigenvalue weighted by Gasteiger charge is 2.25. The van der Waals surface area contributed by atoms with Crippen LogP contribution in [0.25, 0.3) is 0 Å². The lowest BCUT2D eigenvalue weighted by molar-refractivity contribution is 0.477. The summed E-state index contributed by atoms with van der Waals surface area (Å²) >= 11 is 0. The second kappa shape index (κ2) is 4.67. The number of anilines is 3. The summed E-state index contributed by atoms with van der Waals surface area (Å²) in [7, 11) is 0. The van der Waals surface area contributed by atoms with Crippen LogP contribution in [0.1, 0.15) is 5.56 Å². The Labute approximate surface area is 124 Å². The van der Waals surface area contributed by atoms with Crippen molar-refractivity contribution in [2.24, 2.45) is 0 Å². The molecule has 0 aliphatic carbocycles. The van der Waals surface area contributed by atoms with Crippen LogP contribution in [-0.2, 0) is 0 Å². The van der Waals surface area contributed by atoms with E-state index in [-0.39, 0.29) is 0 Å². The molecule has 1 heterocycles. The number of hydrogen-bond acceptors (Lipinski definition) is 2. The Kier molecular flexibility index (Phi) is 2.68. The first-order chi connectivity index (χ1) is 10.3. The predicted octanol–water partition coefficient (Wildman–Crippen LogP) is 5.57. The predicted molar refractivity (Wildman–Crippen MR) is 85.9 cm³/mol. The maximum absolute atomic E-state index is 6.04. The third-order valence-electron chi connectivity index (χ3n) is 3.70. The van der Waals surface area contributed by atoms with Crippen LogP contribution in [0.5, 0.6) is 11.5 Å². The van der Waals surface area contributed by atoms with Crippen molar-refractivity contribution < 1.29 is 4.74 Å². The van der Waals surface area contributed by atoms with E-state index in [2.05, 4.69) is 54.3 Å². The zero-order chi connectivity index (χ0) is 14.2. The van der Waals surface area contributed by atoms with Crippen molar-refractivity contribution in [3.8, 4) is 11.5 Å². The molecule has 0 amide bonds. The summed E-state index contributed by atoms with van der Waals surface area (Å²) in [6.45, 7) is 2.10. The number of para-hydroxylation sites is 3. The molecule has 0 saturated carbocycles. The normalized spacial score (nSPS) is 12.3. The topological polar surface area (TPSA) is 12.5 Å². The molecule has 0 aromatic heterocycles. The Morgan fingerprint density at radius 2 is 1.43 bits per heavy atom. The monoisotopic (exact) mass is 273 g/mol. The van der Waals surface area contributed by atoms with Gasteiger partial charge in [-0.3, -0.25) is 0 Å². The molecule has 0 N–H and O–H groups in total. The molecule has 0 saturated heterocycles. The third-order valence-corrected chi connectivity index (χ3v) is 3.70. The van der Waals surface area contributed by atoms with Gasteiger partial charge in [0, 0.05) is 5.69 Å². The summed E-state index contributed by atoms with van der Waals surface area (Å²) < 4.78 is 6.04. The lowest BCUT2D eigenvalue weighted by atomic mass is 10.1. The van der Waals surface area contributed by atoms with E-state index in [9.17, 15) is 0 Å². The summed E-state index contributed by atoms with van der Waals surface area (Å²) in [5, 5.41) is 0. The minimum Gasteiger partial charge on any atom is -0.453 e. The molecule has 3 aromatic rings. The van der Waals surface area contributed by atoms with Crippen molar-refractivity contribution >= 4 is 17.1 Å². The Bertz CT molecular complexity index is 796. The van der Waals surface area contributed by atoms with Gasteiger partial charge >= 0.3 is 0 Å². The maximum atomic E-state index is 6.04. The van der Waals surface area contributed by atoms with Gasteiger partial charge in [-0.1, -0.05) is 36.4 Å². The van der Waals surface area contributed by atoms with E-state index in [1.165, 1.54) is 5.56 Å². The first-order valence-electron chi connectivity index (χ1n) is 7.06. The second-order valence-electron chi connectivity index (χ2n) is 5.21. The molecule has 0 radical (unpaired) electrons. The van der Waals surface area contributed by atoms with Crippen molar-refractivity contribution in [1.82, 2.24) is 0 Å². The molecule has 1 aliphatic heterocycles. The van der Waals surface area contributed by atoms with Crippen molar-refractivity contribution in [3.63, 3.8) is 0 Å². The molecule has 2 heteroatoms. The number of nitrogens with zero attached hydrogens (tertiary/aromatic N) is 1. The lowest BCUT2D eigenvalue weighted by Crippen LogP contribution is -2.15. The minimum absolute atomic E-state index is 0.887. The van der Waals surface area contributed by atoms with E-state index >= 15 is 0 Å². The Hall–Kier alpha value is -2.74. The molecule has 3 aromatic carbocycles. The fourth-order valence-corrected chi connectivity index (χ4v) is 2.72. The van der Waals surface area contributed by atoms with E-state index in [0.29, 0.717) is 0 Å². The van der Waals surface area contributed by atoms with Crippen LogP contribution in [0.2, 0.25) is 0 Å². The fraction of sp³-hybridized carbons (Fsp3) is 0.0526. The molecule has 2 nitrogen and oxygen atoms in total. The van der Waals surface area contributed by atoms with Gasteiger partial charge in [0.1, 0.15) is 0 Å². The first-order valence-corrected chi connectivity index (χ1v) is 7.06. The quantitative estimate of drug-likeness (QED) is 0.449. The average Bonchev–Trinajstić information content (AvgIpc) is 2.53. The standard InChI is InChI=1S/C19H15NO/c1-14-11-12-19-17(13-14)20(15-7-3-2-4-8-15)16-9-5-6-10-18(16)21-19/h2-13H,1H3. The fourth-order valence-electron chi connectivity index (χ4n) is 2.72. The SMILES string of the molecule is Cc1ccc2c(c1)N(c1ccccc1)c1ccccc1O2. The lowest BCUT2D eigenvalue weighted by Gasteiger charge is -2.33. The van der Waals surface area contributed by atoms with Crippen LogP contribution in [0.4, 0.5) is 17.1 Å². The smallest absolute Gasteiger partial charge is 0.151 e. The molecule has 0 bridgehead atoms. The molecule has 0 atom stereocenters. The number of aryl methyl sites for hydroxylation is 1. The van der Waals surface area contributed by atoms with Crippen LogP contribution in [0.3, 0.4) is 0 Å². The van der Waals surface area contributed by atoms with E-state index < -0.39 is 0 Å². The van der Waals surface area contributed by atoms with Crippen LogP contribution in [0.15, 0.2) is 72.8 Å². The maximum Gasteiger partial charge on any atom is 0.151 e. The Balaban J connectivity index is 1.98. The van der Waals surface area contributed by atoms with Crippen molar-refractivity contribution in [1.29, 1.82) is 0 Å². The zero-order valence-corrected chi connectivity index (χ0v) is 11.8. The van der Waals surface area contributed by atoms with Gasteiger partial charge in [-0.15, -0.1) is 0 Å². The van der Waals surface area contributed by atoms with Gasteiger partial charge in [0.05, 0.1) is 11.4 Å². The largest absolute Gasteiger partial charge is 0.453 e. The highest BCUT2D eigenvalue weighted by Crippen LogP contribution is 2.50. The highest BCUT2D eigenvalue weighted by molar-refractivity contribution is 5.86. The van der Waals surface area contributed by atoms with Gasteiger partial charge in [0.15, 0.2) is 11.5 Å². The summed E-state index contributed by atoms with van der Waals surface area (Å²) in [5.74, 6) is 1.78. The molecule has 0 fully saturated rings. The Morgan fingerprint density at radius 1 is 0.714 bits per heavy atom. The van der Waals surface area contributed by atoms with Gasteiger partial charge in [0.25, 0.3) is 0 Å². The molecule has 102 valence electrons. The van der Waals surface area contributed by atoms with E-state index in [4.69, 9.17) is 4.74 Å². The first kappa shape index (κ1) is 12.0. The van der Waals surface area contributed by atoms with Gasteiger partial charge in [-0.2, -0.15) is 0 Å². The minimum atomic E-state index is 0.887. The van der Waals surface area contributed by atoms with E-state index in [1.54, 1.807) is 0 Å². The van der Waals surface area contributed by atoms with E-state index in [1.807, 2.05) is 30.3 Å². The van der Waals surface area contributed by atoms with E-state index in [0.717, 1.165) is 28.6 Å². The molecule has 0 unspecified atom stereocenters. The van der Waals surface area contributed by atoms with Crippen LogP contribution < -0.4 is 9.64 Å². The van der Waals surface area contributed by atoms with Crippen LogP contribution in [-0.4, -0.2) is 0 Å². The summed E-state index contributed by atoms with van der Waals surface area (Å²) in [6.07, 6.45) is 0. The molecule has 21 heavy (non-hydrogen) atoms. The summed E-state index contributed by atoms with van der Waals surface area (Å²) in [6, 6.07) is 24.8. The summed E-state index contributed by atoms with van der Waals surface area (Å²) in [4.78, 5) is 2.25. The number of benzene rings is 3. The molecule has 4 rings (SSSR count). The Morgan fingerprint density at radius 3 is 2.29 bits per heavy atom. The van der Waals surface area contributed by atoms with Gasteiger partial charge in [0.2, 0.25) is 0 Å². The zero-order valence-electron chi connectivity index (χ0n) is 11.8. The third kappa shape index (κ3) is 1.96. The van der Waals surface area contributed by atoms with Crippen molar-refractivity contribution in [2.75, 3.05) is 4.90 Å². The number of ether oxygens (including phenoxy) is 1. The average molecular weight is 273 g/mol. The summed E-state index contributed by atoms with van der Waals surface area (Å²) in [5.41, 5.74) is 4.51. The van der Waals surface area contributed by atoms with Gasteiger partial charge < -0.3 is 9.64 Å². The number of rotatable bonds is 1. The molecule has 0 spiro atoms.